The average Bonchev–Trinajstić information content (AvgIpc) is 3.76. The van der Waals surface area contributed by atoms with Gasteiger partial charge >= 0.3 is 38.8 Å². The Balaban J connectivity index is 2.36. The number of rotatable bonds is 23. The highest BCUT2D eigenvalue weighted by Crippen LogP contribution is 2.51. The third kappa shape index (κ3) is 14.8. The van der Waals surface area contributed by atoms with E-state index < -0.39 is 128 Å². The summed E-state index contributed by atoms with van der Waals surface area (Å²) < 4.78 is 186. The molecule has 68 heavy (non-hydrogen) atoms. The van der Waals surface area contributed by atoms with Gasteiger partial charge in [-0.3, -0.25) is 33.4 Å². The van der Waals surface area contributed by atoms with Gasteiger partial charge in [-0.15, -0.1) is 0 Å². The molecule has 0 spiro atoms. The number of phosphoric acid groups is 1. The molecule has 0 radical (unpaired) electrons. The van der Waals surface area contributed by atoms with Crippen LogP contribution in [0.25, 0.3) is 11.3 Å². The second-order valence-corrected chi connectivity index (χ2v) is 19.4. The molecule has 0 aliphatic rings. The van der Waals surface area contributed by atoms with Crippen LogP contribution in [-0.4, -0.2) is 98.0 Å². The minimum atomic E-state index is -5.19. The van der Waals surface area contributed by atoms with Crippen molar-refractivity contribution in [2.24, 2.45) is 22.7 Å². The van der Waals surface area contributed by atoms with E-state index in [1.165, 1.54) is 12.1 Å². The second-order valence-electron chi connectivity index (χ2n) is 16.3. The fourth-order valence-corrected chi connectivity index (χ4v) is 7.90. The number of nitrogens with zero attached hydrogens (tertiary/aromatic N) is 3. The van der Waals surface area contributed by atoms with Crippen molar-refractivity contribution >= 4 is 54.2 Å². The standard InChI is InChI=1S/C41H49F10IN5O10P/c1-38(2,40(46,47)48)27(19-33(59)63-5)35(60)55-56(20-26-28(42)16-23(17-29(26)43)30-13-14-57(54-30)36(44)45)21-32(67-68(62,65-7)66-8)24(15-22-9-11-25(52)12-10-22)18-31(58)34(53-37(61)64-6)39(3,4)41(49,50)51/h9-14,16-17,24,27,32,34,36H,15,18-21H2,1-8H3,(H,53,61)(H,55,60)/t24-,27-,32+,34-/m1/s1. The van der Waals surface area contributed by atoms with Gasteiger partial charge in [0.25, 0.3) is 0 Å². The molecular weight excluding hydrogens is 1070 g/mol. The number of hydrogen-bond acceptors (Lipinski definition) is 12. The Kier molecular flexibility index (Phi) is 20.0. The maximum absolute atomic E-state index is 16.1. The Morgan fingerprint density at radius 3 is 1.87 bits per heavy atom. The molecule has 0 saturated heterocycles. The van der Waals surface area contributed by atoms with Gasteiger partial charge in [0.05, 0.1) is 49.2 Å². The predicted molar refractivity (Wildman–Crippen MR) is 229 cm³/mol. The highest BCUT2D eigenvalue weighted by atomic mass is 127. The van der Waals surface area contributed by atoms with Gasteiger partial charge in [0.15, 0.2) is 5.78 Å². The number of alkyl halides is 8. The van der Waals surface area contributed by atoms with Crippen LogP contribution in [0, 0.1) is 37.9 Å². The van der Waals surface area contributed by atoms with Crippen molar-refractivity contribution in [3.05, 3.63) is 75.0 Å². The molecule has 2 N–H and O–H groups in total. The van der Waals surface area contributed by atoms with Crippen LogP contribution in [0.4, 0.5) is 48.7 Å². The normalized spacial score (nSPS) is 14.6. The maximum Gasteiger partial charge on any atom is 0.474 e. The monoisotopic (exact) mass is 1120 g/mol. The Morgan fingerprint density at radius 2 is 1.40 bits per heavy atom. The van der Waals surface area contributed by atoms with Crippen molar-refractivity contribution in [3.8, 4) is 11.3 Å². The first kappa shape index (κ1) is 57.9. The minimum absolute atomic E-state index is 0.192. The molecule has 0 unspecified atom stereocenters. The van der Waals surface area contributed by atoms with Gasteiger partial charge in [-0.2, -0.15) is 40.2 Å². The molecule has 0 saturated carbocycles. The first-order valence-corrected chi connectivity index (χ1v) is 22.5. The molecule has 15 nitrogen and oxygen atoms in total. The third-order valence-corrected chi connectivity index (χ3v) is 13.3. The number of hydrogen-bond donors (Lipinski definition) is 2. The van der Waals surface area contributed by atoms with Crippen LogP contribution < -0.4 is 10.7 Å². The number of methoxy groups -OCH3 is 2. The number of aromatic nitrogens is 2. The summed E-state index contributed by atoms with van der Waals surface area (Å²) in [6.07, 6.45) is -15.5. The zero-order valence-electron chi connectivity index (χ0n) is 37.6. The maximum atomic E-state index is 16.1. The SMILES string of the molecule is COC(=O)C[C@H](C(=O)NN(Cc1c(F)cc(-c2ccn(C(F)F)n2)cc1F)C[C@H](OP(=O)(OC)OC)[C@@H](CC(=O)[C@@H](NC(=O)OC)C(C)(C)C(F)(F)F)Cc1ccc(I)cc1)C(C)(C)C(F)(F)F. The number of Topliss-reactive ketones (excluding diaryl/α,β-unsaturated/α-hetero) is 1. The highest BCUT2D eigenvalue weighted by molar-refractivity contribution is 14.1. The largest absolute Gasteiger partial charge is 0.474 e. The van der Waals surface area contributed by atoms with E-state index >= 15 is 8.78 Å². The van der Waals surface area contributed by atoms with Crippen molar-refractivity contribution < 1.29 is 90.7 Å². The van der Waals surface area contributed by atoms with Crippen LogP contribution in [-0.2, 0) is 55.0 Å². The van der Waals surface area contributed by atoms with Gasteiger partial charge in [-0.25, -0.2) is 27.8 Å². The number of phosphoric ester groups is 1. The summed E-state index contributed by atoms with van der Waals surface area (Å²) in [5, 5.41) is 6.03. The van der Waals surface area contributed by atoms with E-state index in [2.05, 4.69) is 20.0 Å². The first-order chi connectivity index (χ1) is 31.3. The summed E-state index contributed by atoms with van der Waals surface area (Å²) in [4.78, 5) is 53.3. The van der Waals surface area contributed by atoms with E-state index in [1.54, 1.807) is 12.1 Å². The number of alkyl carbamates (subject to hydrolysis) is 1. The number of nitrogens with one attached hydrogen (secondary N) is 2. The van der Waals surface area contributed by atoms with Gasteiger partial charge in [0, 0.05) is 54.6 Å². The van der Waals surface area contributed by atoms with Crippen LogP contribution in [0.3, 0.4) is 0 Å². The fraction of sp³-hybridized carbons (Fsp3) is 0.537. The van der Waals surface area contributed by atoms with Gasteiger partial charge < -0.3 is 14.8 Å². The van der Waals surface area contributed by atoms with Gasteiger partial charge in [-0.1, -0.05) is 26.0 Å². The number of ether oxygens (including phenoxy) is 2. The van der Waals surface area contributed by atoms with Crippen LogP contribution in [0.5, 0.6) is 0 Å². The molecule has 380 valence electrons. The summed E-state index contributed by atoms with van der Waals surface area (Å²) in [5.41, 5.74) is -5.19. The van der Waals surface area contributed by atoms with Gasteiger partial charge in [0.2, 0.25) is 5.91 Å². The zero-order valence-corrected chi connectivity index (χ0v) is 40.6. The lowest BCUT2D eigenvalue weighted by atomic mass is 9.75. The molecule has 27 heteroatoms. The van der Waals surface area contributed by atoms with Crippen LogP contribution in [0.15, 0.2) is 48.7 Å². The Labute approximate surface area is 397 Å². The van der Waals surface area contributed by atoms with Crippen molar-refractivity contribution in [1.82, 2.24) is 25.5 Å². The van der Waals surface area contributed by atoms with Crippen LogP contribution >= 0.6 is 30.4 Å². The molecule has 0 aliphatic heterocycles. The number of carbonyl (C=O) groups is 4. The van der Waals surface area contributed by atoms with E-state index in [9.17, 15) is 58.9 Å². The third-order valence-electron chi connectivity index (χ3n) is 11.1. The first-order valence-electron chi connectivity index (χ1n) is 19.9. The number of halogens is 11. The Bertz CT molecular complexity index is 2250. The summed E-state index contributed by atoms with van der Waals surface area (Å²) in [7, 11) is -1.49. The number of benzene rings is 2. The molecule has 1 aromatic heterocycles. The number of esters is 1. The van der Waals surface area contributed by atoms with E-state index in [1.807, 2.05) is 27.9 Å². The summed E-state index contributed by atoms with van der Waals surface area (Å²) in [6.45, 7) is -2.96. The number of amides is 2. The highest BCUT2D eigenvalue weighted by Gasteiger charge is 2.57. The quantitative estimate of drug-likeness (QED) is 0.0303. The molecule has 0 fully saturated rings. The molecule has 2 amide bonds. The van der Waals surface area contributed by atoms with E-state index in [-0.39, 0.29) is 22.4 Å². The van der Waals surface area contributed by atoms with Crippen molar-refractivity contribution in [2.45, 2.75) is 84.5 Å². The summed E-state index contributed by atoms with van der Waals surface area (Å²) in [5.74, 6) is -11.0. The van der Waals surface area contributed by atoms with Gasteiger partial charge in [-0.05, 0) is 84.7 Å². The lowest BCUT2D eigenvalue weighted by Gasteiger charge is -2.38. The molecule has 1 heterocycles. The Hall–Kier alpha value is -4.37. The van der Waals surface area contributed by atoms with Crippen molar-refractivity contribution in [3.63, 3.8) is 0 Å². The van der Waals surface area contributed by atoms with E-state index in [0.29, 0.717) is 54.0 Å². The molecule has 2 aromatic carbocycles. The molecule has 3 rings (SSSR count). The average molecular weight is 1120 g/mol. The topological polar surface area (TPSA) is 177 Å². The van der Waals surface area contributed by atoms with Crippen LogP contribution in [0.2, 0.25) is 0 Å². The summed E-state index contributed by atoms with van der Waals surface area (Å²) in [6, 6.07) is 6.19. The lowest BCUT2D eigenvalue weighted by Crippen LogP contribution is -2.57. The molecular formula is C41H49F10IN5O10P. The lowest BCUT2D eigenvalue weighted by molar-refractivity contribution is -0.231. The minimum Gasteiger partial charge on any atom is -0.469 e. The van der Waals surface area contributed by atoms with Crippen LogP contribution in [0.1, 0.15) is 58.2 Å². The molecule has 3 aromatic rings. The van der Waals surface area contributed by atoms with E-state index in [4.69, 9.17) is 13.6 Å². The van der Waals surface area contributed by atoms with E-state index in [0.717, 1.165) is 40.7 Å². The summed E-state index contributed by atoms with van der Waals surface area (Å²) >= 11 is 1.96. The number of ketones is 1. The van der Waals surface area contributed by atoms with Gasteiger partial charge in [0.1, 0.15) is 17.7 Å². The zero-order chi connectivity index (χ0) is 51.7. The molecule has 0 aliphatic carbocycles. The molecule has 4 atom stereocenters. The fourth-order valence-electron chi connectivity index (χ4n) is 6.65. The van der Waals surface area contributed by atoms with Crippen molar-refractivity contribution in [1.29, 1.82) is 0 Å². The number of hydrazine groups is 1. The molecule has 0 bridgehead atoms. The Morgan fingerprint density at radius 1 is 0.838 bits per heavy atom. The smallest absolute Gasteiger partial charge is 0.469 e. The van der Waals surface area contributed by atoms with Crippen molar-refractivity contribution in [2.75, 3.05) is 35.0 Å². The second kappa shape index (κ2) is 23.5. The predicted octanol–water partition coefficient (Wildman–Crippen LogP) is 9.35. The number of carbonyl (C=O) groups excluding carboxylic acids is 4.